The lowest BCUT2D eigenvalue weighted by molar-refractivity contribution is 0.338. The van der Waals surface area contributed by atoms with Crippen molar-refractivity contribution in [1.82, 2.24) is 0 Å². The smallest absolute Gasteiger partial charge is 0.324 e. The molecule has 223 valence electrons. The monoisotopic (exact) mass is 693 g/mol. The van der Waals surface area contributed by atoms with E-state index in [0.717, 1.165) is 12.5 Å². The van der Waals surface area contributed by atoms with Crippen LogP contribution in [0.25, 0.3) is 0 Å². The minimum absolute atomic E-state index is 0.659. The van der Waals surface area contributed by atoms with Gasteiger partial charge in [-0.3, -0.25) is 0 Å². The van der Waals surface area contributed by atoms with Gasteiger partial charge in [0.05, 0.1) is 5.16 Å². The number of hydrogen-bond donors (Lipinski definition) is 0. The topological polar surface area (TPSA) is 64.6 Å². The third-order valence-electron chi connectivity index (χ3n) is 4.86. The van der Waals surface area contributed by atoms with Crippen LogP contribution in [0.4, 0.5) is 0 Å². The maximum Gasteiger partial charge on any atom is 0.324 e. The fourth-order valence-electron chi connectivity index (χ4n) is 3.66. The van der Waals surface area contributed by atoms with Gasteiger partial charge >= 0.3 is 17.1 Å². The van der Waals surface area contributed by atoms with Crippen molar-refractivity contribution >= 4 is 88.5 Å². The predicted octanol–water partition coefficient (Wildman–Crippen LogP) is 4.96. The maximum absolute atomic E-state index is 7.05. The highest BCUT2D eigenvalue weighted by molar-refractivity contribution is 7.01. The minimum Gasteiger partial charge on any atom is -0.461 e. The quantitative estimate of drug-likeness (QED) is 0.140. The van der Waals surface area contributed by atoms with E-state index in [0.29, 0.717) is 0 Å². The molecule has 0 aliphatic carbocycles. The van der Waals surface area contributed by atoms with E-state index in [1.54, 1.807) is 0 Å². The fraction of sp³-hybridized carbons (Fsp3) is 0.950. The minimum atomic E-state index is -2.81. The van der Waals surface area contributed by atoms with Gasteiger partial charge in [-0.15, -0.1) is 0 Å². The van der Waals surface area contributed by atoms with Crippen LogP contribution < -0.4 is 0 Å². The molecule has 0 saturated carbocycles. The first-order valence-corrected chi connectivity index (χ1v) is 39.2. The zero-order valence-electron chi connectivity index (χ0n) is 27.4. The van der Waals surface area contributed by atoms with Crippen molar-refractivity contribution in [3.8, 4) is 0 Å². The van der Waals surface area contributed by atoms with Gasteiger partial charge in [-0.05, 0) is 124 Å². The molecule has 0 aromatic heterocycles. The Morgan fingerprint density at radius 1 is 0.432 bits per heavy atom. The molecule has 0 saturated heterocycles. The van der Waals surface area contributed by atoms with E-state index < -0.39 is 88.5 Å². The molecule has 1 radical (unpaired) electrons. The van der Waals surface area contributed by atoms with Crippen LogP contribution in [0.5, 0.6) is 0 Å². The van der Waals surface area contributed by atoms with E-state index in [9.17, 15) is 0 Å². The lowest BCUT2D eigenvalue weighted by Gasteiger charge is -2.47. The van der Waals surface area contributed by atoms with Gasteiger partial charge in [0.1, 0.15) is 9.76 Å². The molecule has 0 aliphatic heterocycles. The van der Waals surface area contributed by atoms with Gasteiger partial charge in [0.15, 0.2) is 41.6 Å². The Balaban J connectivity index is 6.44. The van der Waals surface area contributed by atoms with Crippen LogP contribution in [0, 0.1) is 5.16 Å². The molecule has 0 aromatic rings. The second-order valence-electron chi connectivity index (χ2n) is 14.9. The summed E-state index contributed by atoms with van der Waals surface area (Å²) in [7, 11) is -17.5. The number of rotatable bonds is 19. The van der Waals surface area contributed by atoms with Gasteiger partial charge in [0, 0.05) is 0 Å². The van der Waals surface area contributed by atoms with E-state index in [2.05, 4.69) is 111 Å². The van der Waals surface area contributed by atoms with Crippen LogP contribution in [0.1, 0.15) is 6.42 Å². The molecule has 0 fully saturated rings. The highest BCUT2D eigenvalue weighted by atomic mass is 28.5. The Bertz CT molecular complexity index is 625. The molecule has 37 heavy (non-hydrogen) atoms. The van der Waals surface area contributed by atoms with Gasteiger partial charge in [-0.1, -0.05) is 0 Å². The van der Waals surface area contributed by atoms with Crippen molar-refractivity contribution in [1.29, 1.82) is 0 Å². The summed E-state index contributed by atoms with van der Waals surface area (Å²) in [5, 5.41) is 1.30. The molecule has 7 nitrogen and oxygen atoms in total. The molecular weight excluding hydrogens is 633 g/mol. The molecule has 0 aromatic carbocycles. The molecule has 17 heteroatoms. The summed E-state index contributed by atoms with van der Waals surface area (Å²) >= 11 is 0. The summed E-state index contributed by atoms with van der Waals surface area (Å²) in [4.78, 5) is 0. The second-order valence-corrected chi connectivity index (χ2v) is 50.5. The van der Waals surface area contributed by atoms with Crippen LogP contribution in [-0.2, 0) is 28.8 Å². The Labute approximate surface area is 245 Å². The van der Waals surface area contributed by atoms with Crippen LogP contribution in [0.2, 0.25) is 117 Å². The van der Waals surface area contributed by atoms with Gasteiger partial charge in [-0.2, -0.15) is 0 Å². The fourth-order valence-corrected chi connectivity index (χ4v) is 34.1. The molecule has 2 atom stereocenters. The van der Waals surface area contributed by atoms with Crippen LogP contribution in [-0.4, -0.2) is 88.5 Å². The summed E-state index contributed by atoms with van der Waals surface area (Å²) in [5.41, 5.74) is 0. The first kappa shape index (κ1) is 38.9. The van der Waals surface area contributed by atoms with Crippen molar-refractivity contribution < 1.29 is 28.8 Å². The second kappa shape index (κ2) is 14.9. The molecular formula is C20H61O7Si10. The van der Waals surface area contributed by atoms with E-state index in [1.807, 2.05) is 0 Å². The Morgan fingerprint density at radius 3 is 1.03 bits per heavy atom. The van der Waals surface area contributed by atoms with Crippen LogP contribution in [0.15, 0.2) is 0 Å². The van der Waals surface area contributed by atoms with Gasteiger partial charge in [0.2, 0.25) is 0 Å². The standard InChI is InChI=1S/C20H61O7Si10/c1-31(2,3)21-28-19-18-20(36(16,26-34(10,11)12)24-29-22-32(4,5)6)37(17,27-35(13,14)15)25-30-23-33(7,8)9/h18-19,28-30H2,1-17H3. The van der Waals surface area contributed by atoms with Crippen molar-refractivity contribution in [2.75, 3.05) is 0 Å². The maximum atomic E-state index is 7.05. The lowest BCUT2D eigenvalue weighted by Crippen LogP contribution is -2.65. The summed E-state index contributed by atoms with van der Waals surface area (Å²) in [6.07, 6.45) is 0.903. The molecule has 0 heterocycles. The highest BCUT2D eigenvalue weighted by Gasteiger charge is 2.58. The van der Waals surface area contributed by atoms with E-state index >= 15 is 0 Å². The SMILES string of the molecule is C[Si](C)(C)O[SiH2]CC[C]([Si](C)(O[SiH2]O[Si](C)(C)C)O[Si](C)(C)C)[Si](C)(O[SiH2]O[Si](C)(C)C)O[Si](C)(C)C. The molecule has 0 spiro atoms. The molecule has 0 amide bonds. The van der Waals surface area contributed by atoms with Crippen LogP contribution >= 0.6 is 0 Å². The van der Waals surface area contributed by atoms with Crippen LogP contribution in [0.3, 0.4) is 0 Å². The average Bonchev–Trinajstić information content (AvgIpc) is 2.54. The Morgan fingerprint density at radius 2 is 0.757 bits per heavy atom. The van der Waals surface area contributed by atoms with E-state index in [4.69, 9.17) is 28.8 Å². The first-order valence-electron chi connectivity index (χ1n) is 13.6. The van der Waals surface area contributed by atoms with Crippen molar-refractivity contribution in [2.24, 2.45) is 0 Å². The normalized spacial score (nSPS) is 18.6. The summed E-state index contributed by atoms with van der Waals surface area (Å²) < 4.78 is 46.9. The predicted molar refractivity (Wildman–Crippen MR) is 186 cm³/mol. The average molecular weight is 695 g/mol. The molecule has 2 unspecified atom stereocenters. The molecule has 0 rings (SSSR count). The number of hydrogen-bond acceptors (Lipinski definition) is 7. The summed E-state index contributed by atoms with van der Waals surface area (Å²) in [6.45, 7) is 38.2. The van der Waals surface area contributed by atoms with Gasteiger partial charge < -0.3 is 28.8 Å². The van der Waals surface area contributed by atoms with E-state index in [-0.39, 0.29) is 0 Å². The molecule has 0 N–H and O–H groups in total. The molecule has 0 bridgehead atoms. The molecule has 0 aliphatic rings. The summed E-state index contributed by atoms with van der Waals surface area (Å²) in [5.74, 6) is 0. The lowest BCUT2D eigenvalue weighted by atomic mass is 10.6. The summed E-state index contributed by atoms with van der Waals surface area (Å²) in [6, 6.07) is 1.05. The first-order chi connectivity index (χ1) is 16.2. The zero-order valence-corrected chi connectivity index (χ0v) is 38.6. The van der Waals surface area contributed by atoms with E-state index in [1.165, 1.54) is 5.16 Å². The Hall–Kier alpha value is 1.89. The zero-order chi connectivity index (χ0) is 29.6. The van der Waals surface area contributed by atoms with Crippen molar-refractivity contribution in [3.05, 3.63) is 5.16 Å². The van der Waals surface area contributed by atoms with Crippen molar-refractivity contribution in [2.45, 2.75) is 124 Å². The Kier molecular flexibility index (Phi) is 15.6. The van der Waals surface area contributed by atoms with Crippen molar-refractivity contribution in [3.63, 3.8) is 0 Å². The third-order valence-corrected chi connectivity index (χ3v) is 36.4. The highest BCUT2D eigenvalue weighted by Crippen LogP contribution is 2.39. The largest absolute Gasteiger partial charge is 0.461 e. The van der Waals surface area contributed by atoms with Gasteiger partial charge in [-0.25, -0.2) is 0 Å². The van der Waals surface area contributed by atoms with Gasteiger partial charge in [0.25, 0.3) is 20.0 Å². The third kappa shape index (κ3) is 19.6.